The Morgan fingerprint density at radius 3 is 2.31 bits per heavy atom. The van der Waals surface area contributed by atoms with Crippen molar-refractivity contribution in [2.45, 2.75) is 57.4 Å². The van der Waals surface area contributed by atoms with Gasteiger partial charge in [-0.05, 0) is 62.1 Å². The number of imide groups is 1. The number of Topliss-reactive ketones (excluding diaryl/α,β-unsaturated/α-hetero) is 1. The first-order chi connectivity index (χ1) is 15.3. The number of amides is 4. The third kappa shape index (κ3) is 4.69. The van der Waals surface area contributed by atoms with Crippen molar-refractivity contribution in [3.8, 4) is 0 Å². The summed E-state index contributed by atoms with van der Waals surface area (Å²) in [6.07, 6.45) is 3.95. The maximum absolute atomic E-state index is 13.6. The fraction of sp³-hybridized carbons (Fsp3) is 0.583. The lowest BCUT2D eigenvalue weighted by Crippen LogP contribution is -2.58. The van der Waals surface area contributed by atoms with E-state index in [2.05, 4.69) is 5.32 Å². The van der Waals surface area contributed by atoms with Gasteiger partial charge in [0.2, 0.25) is 5.91 Å². The Morgan fingerprint density at radius 1 is 1.06 bits per heavy atom. The number of nitrogens with one attached hydrogen (secondary N) is 1. The van der Waals surface area contributed by atoms with Crippen molar-refractivity contribution < 1.29 is 23.6 Å². The Bertz CT molecular complexity index is 906. The first-order valence-electron chi connectivity index (χ1n) is 11.4. The Morgan fingerprint density at radius 2 is 1.72 bits per heavy atom. The maximum Gasteiger partial charge on any atom is 0.325 e. The van der Waals surface area contributed by atoms with Crippen LogP contribution in [0.25, 0.3) is 0 Å². The number of ketones is 1. The Kier molecular flexibility index (Phi) is 6.31. The van der Waals surface area contributed by atoms with Gasteiger partial charge in [-0.15, -0.1) is 0 Å². The molecular weight excluding hydrogens is 413 g/mol. The summed E-state index contributed by atoms with van der Waals surface area (Å²) < 4.78 is 13.4. The molecule has 1 atom stereocenters. The maximum atomic E-state index is 13.6. The topological polar surface area (TPSA) is 86.8 Å². The standard InChI is InChI=1S/C24H30FN3O4/c1-16(29)2-9-21(30)27-12-10-19(11-13-27)24(14-17-5-7-20(25)8-6-17)22(31)28(23(32)26-24)15-18-3-4-18/h5-8,18-19H,2-4,9-15H2,1H3,(H,26,32). The van der Waals surface area contributed by atoms with E-state index in [1.165, 1.54) is 24.0 Å². The molecule has 1 unspecified atom stereocenters. The molecule has 8 heteroatoms. The van der Waals surface area contributed by atoms with E-state index in [4.69, 9.17) is 0 Å². The molecule has 2 saturated heterocycles. The second kappa shape index (κ2) is 9.00. The first kappa shape index (κ1) is 22.4. The molecule has 1 aromatic carbocycles. The first-order valence-corrected chi connectivity index (χ1v) is 11.4. The lowest BCUT2D eigenvalue weighted by atomic mass is 9.74. The van der Waals surface area contributed by atoms with Crippen molar-refractivity contribution in [1.29, 1.82) is 0 Å². The van der Waals surface area contributed by atoms with Crippen LogP contribution in [0.5, 0.6) is 0 Å². The van der Waals surface area contributed by atoms with Gasteiger partial charge in [0.1, 0.15) is 17.1 Å². The predicted octanol–water partition coefficient (Wildman–Crippen LogP) is 2.68. The summed E-state index contributed by atoms with van der Waals surface area (Å²) >= 11 is 0. The number of carbonyl (C=O) groups is 4. The normalized spacial score (nSPS) is 24.1. The molecule has 1 aromatic rings. The van der Waals surface area contributed by atoms with Gasteiger partial charge in [-0.1, -0.05) is 12.1 Å². The van der Waals surface area contributed by atoms with Crippen molar-refractivity contribution in [1.82, 2.24) is 15.1 Å². The third-order valence-corrected chi connectivity index (χ3v) is 6.97. The van der Waals surface area contributed by atoms with Gasteiger partial charge in [-0.3, -0.25) is 14.5 Å². The van der Waals surface area contributed by atoms with Gasteiger partial charge in [-0.2, -0.15) is 0 Å². The van der Waals surface area contributed by atoms with Crippen LogP contribution in [0.4, 0.5) is 9.18 Å². The van der Waals surface area contributed by atoms with Crippen molar-refractivity contribution in [3.05, 3.63) is 35.6 Å². The summed E-state index contributed by atoms with van der Waals surface area (Å²) in [5.41, 5.74) is -0.300. The highest BCUT2D eigenvalue weighted by Crippen LogP contribution is 2.39. The minimum atomic E-state index is -1.08. The molecule has 172 valence electrons. The number of nitrogens with zero attached hydrogens (tertiary/aromatic N) is 2. The van der Waals surface area contributed by atoms with Gasteiger partial charge < -0.3 is 15.0 Å². The summed E-state index contributed by atoms with van der Waals surface area (Å²) in [7, 11) is 0. The van der Waals surface area contributed by atoms with Gasteiger partial charge >= 0.3 is 6.03 Å². The monoisotopic (exact) mass is 443 g/mol. The SMILES string of the molecule is CC(=O)CCC(=O)N1CCC(C2(Cc3ccc(F)cc3)NC(=O)N(CC3CC3)C2=O)CC1. The number of rotatable bonds is 8. The van der Waals surface area contributed by atoms with Crippen LogP contribution in [-0.2, 0) is 20.8 Å². The number of benzene rings is 1. The Balaban J connectivity index is 1.52. The van der Waals surface area contributed by atoms with Gasteiger partial charge in [0.15, 0.2) is 0 Å². The number of carbonyl (C=O) groups excluding carboxylic acids is 4. The quantitative estimate of drug-likeness (QED) is 0.626. The average molecular weight is 444 g/mol. The highest BCUT2D eigenvalue weighted by atomic mass is 19.1. The Hall–Kier alpha value is -2.77. The summed E-state index contributed by atoms with van der Waals surface area (Å²) in [5, 5.41) is 3.01. The molecule has 3 aliphatic rings. The number of piperidine rings is 1. The van der Waals surface area contributed by atoms with Crippen LogP contribution < -0.4 is 5.32 Å². The predicted molar refractivity (Wildman–Crippen MR) is 115 cm³/mol. The third-order valence-electron chi connectivity index (χ3n) is 6.97. The number of urea groups is 1. The minimum Gasteiger partial charge on any atom is -0.343 e. The number of hydrogen-bond acceptors (Lipinski definition) is 4. The fourth-order valence-corrected chi connectivity index (χ4v) is 4.90. The van der Waals surface area contributed by atoms with E-state index in [0.717, 1.165) is 18.4 Å². The second-order valence-corrected chi connectivity index (χ2v) is 9.42. The van der Waals surface area contributed by atoms with Crippen LogP contribution in [0, 0.1) is 17.7 Å². The zero-order chi connectivity index (χ0) is 22.9. The van der Waals surface area contributed by atoms with E-state index < -0.39 is 5.54 Å². The van der Waals surface area contributed by atoms with Gasteiger partial charge in [-0.25, -0.2) is 9.18 Å². The molecule has 4 rings (SSSR count). The van der Waals surface area contributed by atoms with Crippen LogP contribution in [0.15, 0.2) is 24.3 Å². The largest absolute Gasteiger partial charge is 0.343 e. The van der Waals surface area contributed by atoms with E-state index in [0.29, 0.717) is 44.8 Å². The highest BCUT2D eigenvalue weighted by molar-refractivity contribution is 6.07. The van der Waals surface area contributed by atoms with Crippen LogP contribution in [0.2, 0.25) is 0 Å². The average Bonchev–Trinajstić information content (AvgIpc) is 3.57. The van der Waals surface area contributed by atoms with Crippen molar-refractivity contribution in [2.24, 2.45) is 11.8 Å². The van der Waals surface area contributed by atoms with Crippen molar-refractivity contribution >= 4 is 23.6 Å². The van der Waals surface area contributed by atoms with Crippen molar-refractivity contribution in [3.63, 3.8) is 0 Å². The molecule has 7 nitrogen and oxygen atoms in total. The summed E-state index contributed by atoms with van der Waals surface area (Å²) in [6, 6.07) is 5.68. The van der Waals surface area contributed by atoms with Crippen LogP contribution in [0.3, 0.4) is 0 Å². The molecule has 0 bridgehead atoms. The van der Waals surface area contributed by atoms with Gasteiger partial charge in [0.05, 0.1) is 0 Å². The van der Waals surface area contributed by atoms with E-state index in [1.54, 1.807) is 17.0 Å². The molecule has 2 heterocycles. The summed E-state index contributed by atoms with van der Waals surface area (Å²) in [6.45, 7) is 2.88. The van der Waals surface area contributed by atoms with Crippen LogP contribution >= 0.6 is 0 Å². The highest BCUT2D eigenvalue weighted by Gasteiger charge is 2.56. The molecule has 1 aliphatic carbocycles. The van der Waals surface area contributed by atoms with E-state index in [9.17, 15) is 23.6 Å². The lowest BCUT2D eigenvalue weighted by molar-refractivity contribution is -0.137. The Labute approximate surface area is 187 Å². The zero-order valence-corrected chi connectivity index (χ0v) is 18.4. The second-order valence-electron chi connectivity index (χ2n) is 9.42. The molecule has 2 aliphatic heterocycles. The molecule has 0 radical (unpaired) electrons. The molecular formula is C24H30FN3O4. The smallest absolute Gasteiger partial charge is 0.325 e. The zero-order valence-electron chi connectivity index (χ0n) is 18.4. The van der Waals surface area contributed by atoms with Gasteiger partial charge in [0.25, 0.3) is 5.91 Å². The molecule has 3 fully saturated rings. The molecule has 0 spiro atoms. The van der Waals surface area contributed by atoms with E-state index >= 15 is 0 Å². The van der Waals surface area contributed by atoms with Crippen LogP contribution in [0.1, 0.15) is 51.0 Å². The lowest BCUT2D eigenvalue weighted by Gasteiger charge is -2.41. The molecule has 1 saturated carbocycles. The fourth-order valence-electron chi connectivity index (χ4n) is 4.90. The molecule has 1 N–H and O–H groups in total. The summed E-state index contributed by atoms with van der Waals surface area (Å²) in [5.74, 6) is -0.376. The number of likely N-dealkylation sites (tertiary alicyclic amines) is 1. The summed E-state index contributed by atoms with van der Waals surface area (Å²) in [4.78, 5) is 53.1. The number of halogens is 1. The van der Waals surface area contributed by atoms with Crippen molar-refractivity contribution in [2.75, 3.05) is 19.6 Å². The molecule has 32 heavy (non-hydrogen) atoms. The van der Waals surface area contributed by atoms with E-state index in [1.807, 2.05) is 0 Å². The number of hydrogen-bond donors (Lipinski definition) is 1. The minimum absolute atomic E-state index is 0.0125. The van der Waals surface area contributed by atoms with E-state index in [-0.39, 0.29) is 48.2 Å². The molecule has 0 aromatic heterocycles. The van der Waals surface area contributed by atoms with Gasteiger partial charge in [0, 0.05) is 38.9 Å². The molecule has 4 amide bonds. The van der Waals surface area contributed by atoms with Crippen LogP contribution in [-0.4, -0.2) is 58.6 Å².